The molecule has 0 atom stereocenters. The smallest absolute Gasteiger partial charge is 0.0526 e. The molecule has 0 aromatic rings. The van der Waals surface area contributed by atoms with Gasteiger partial charge in [0.1, 0.15) is 0 Å². The molecule has 0 amide bonds. The van der Waals surface area contributed by atoms with E-state index in [0.717, 1.165) is 32.4 Å². The summed E-state index contributed by atoms with van der Waals surface area (Å²) in [7, 11) is 0. The zero-order valence-corrected chi connectivity index (χ0v) is 17.9. The molecule has 4 nitrogen and oxygen atoms in total. The Morgan fingerprint density at radius 2 is 0.840 bits per heavy atom. The summed E-state index contributed by atoms with van der Waals surface area (Å²) in [5, 5.41) is 19.5. The Hall–Kier alpha value is -0.160. The number of aliphatic hydroxyl groups excluding tert-OH is 2. The maximum Gasteiger partial charge on any atom is 0.0526 e. The second-order valence-corrected chi connectivity index (χ2v) is 11.2. The van der Waals surface area contributed by atoms with E-state index in [4.69, 9.17) is 0 Å². The van der Waals surface area contributed by atoms with Gasteiger partial charge in [0.2, 0.25) is 0 Å². The van der Waals surface area contributed by atoms with E-state index >= 15 is 0 Å². The molecule has 25 heavy (non-hydrogen) atoms. The Morgan fingerprint density at radius 3 is 1.04 bits per heavy atom. The average Bonchev–Trinajstić information content (AvgIpc) is 2.41. The molecule has 0 aromatic carbocycles. The van der Waals surface area contributed by atoms with Crippen molar-refractivity contribution < 1.29 is 10.2 Å². The SMILES string of the molecule is CC1(C)CC(CO)CC(C)(C)N1CN1C(C)(C)CC(CO)CC1(C)C. The van der Waals surface area contributed by atoms with Gasteiger partial charge in [-0.15, -0.1) is 0 Å². The zero-order valence-electron chi connectivity index (χ0n) is 17.9. The van der Waals surface area contributed by atoms with Gasteiger partial charge in [0.15, 0.2) is 0 Å². The molecule has 0 saturated carbocycles. The molecule has 0 unspecified atom stereocenters. The quantitative estimate of drug-likeness (QED) is 0.811. The lowest BCUT2D eigenvalue weighted by molar-refractivity contribution is -0.150. The molecule has 148 valence electrons. The minimum atomic E-state index is 0.0646. The molecule has 4 heteroatoms. The minimum Gasteiger partial charge on any atom is -0.396 e. The summed E-state index contributed by atoms with van der Waals surface area (Å²) in [5.74, 6) is 0.782. The van der Waals surface area contributed by atoms with E-state index < -0.39 is 0 Å². The first-order chi connectivity index (χ1) is 11.2. The number of rotatable bonds is 4. The summed E-state index contributed by atoms with van der Waals surface area (Å²) in [6, 6.07) is 0. The predicted octanol–water partition coefficient (Wildman–Crippen LogP) is 3.47. The highest BCUT2D eigenvalue weighted by atomic mass is 16.3. The largest absolute Gasteiger partial charge is 0.396 e. The lowest BCUT2D eigenvalue weighted by Crippen LogP contribution is -2.69. The van der Waals surface area contributed by atoms with Crippen molar-refractivity contribution in [3.63, 3.8) is 0 Å². The molecule has 0 bridgehead atoms. The third-order valence-electron chi connectivity index (χ3n) is 6.87. The molecule has 2 N–H and O–H groups in total. The fourth-order valence-corrected chi connectivity index (χ4v) is 6.21. The van der Waals surface area contributed by atoms with E-state index in [2.05, 4.69) is 65.2 Å². The van der Waals surface area contributed by atoms with Crippen LogP contribution in [0.5, 0.6) is 0 Å². The van der Waals surface area contributed by atoms with E-state index in [1.165, 1.54) is 0 Å². The third-order valence-corrected chi connectivity index (χ3v) is 6.87. The van der Waals surface area contributed by atoms with Crippen LogP contribution in [0, 0.1) is 11.8 Å². The summed E-state index contributed by atoms with van der Waals surface area (Å²) in [4.78, 5) is 5.32. The van der Waals surface area contributed by atoms with Crippen molar-refractivity contribution in [2.24, 2.45) is 11.8 Å². The lowest BCUT2D eigenvalue weighted by Gasteiger charge is -2.62. The van der Waals surface area contributed by atoms with Crippen LogP contribution in [0.1, 0.15) is 81.1 Å². The minimum absolute atomic E-state index is 0.0646. The number of piperidine rings is 2. The molecule has 2 rings (SSSR count). The molecule has 0 radical (unpaired) electrons. The van der Waals surface area contributed by atoms with Crippen molar-refractivity contribution >= 4 is 0 Å². The van der Waals surface area contributed by atoms with Crippen LogP contribution in [0.2, 0.25) is 0 Å². The van der Waals surface area contributed by atoms with Crippen LogP contribution < -0.4 is 0 Å². The second kappa shape index (κ2) is 6.78. The average molecular weight is 355 g/mol. The Bertz CT molecular complexity index is 393. The van der Waals surface area contributed by atoms with Crippen molar-refractivity contribution in [2.75, 3.05) is 19.9 Å². The van der Waals surface area contributed by atoms with Gasteiger partial charge in [0.25, 0.3) is 0 Å². The predicted molar refractivity (Wildman–Crippen MR) is 104 cm³/mol. The van der Waals surface area contributed by atoms with E-state index in [9.17, 15) is 10.2 Å². The van der Waals surface area contributed by atoms with Gasteiger partial charge in [-0.3, -0.25) is 9.80 Å². The summed E-state index contributed by atoms with van der Waals surface area (Å²) in [5.41, 5.74) is 0.258. The summed E-state index contributed by atoms with van der Waals surface area (Å²) >= 11 is 0. The lowest BCUT2D eigenvalue weighted by atomic mass is 9.72. The van der Waals surface area contributed by atoms with Gasteiger partial charge in [-0.2, -0.15) is 0 Å². The van der Waals surface area contributed by atoms with Crippen molar-refractivity contribution in [2.45, 2.75) is 103 Å². The van der Waals surface area contributed by atoms with Gasteiger partial charge in [-0.05, 0) is 92.9 Å². The molecule has 2 aliphatic heterocycles. The maximum atomic E-state index is 9.73. The first kappa shape index (κ1) is 21.1. The normalized spacial score (nSPS) is 30.5. The molecular weight excluding hydrogens is 312 g/mol. The fourth-order valence-electron chi connectivity index (χ4n) is 6.21. The monoisotopic (exact) mass is 354 g/mol. The first-order valence-corrected chi connectivity index (χ1v) is 10.0. The van der Waals surface area contributed by atoms with Crippen LogP contribution in [-0.4, -0.2) is 62.1 Å². The summed E-state index contributed by atoms with van der Waals surface area (Å²) in [6.07, 6.45) is 4.17. The number of hydrogen-bond acceptors (Lipinski definition) is 4. The molecule has 2 heterocycles. The number of nitrogens with zero attached hydrogens (tertiary/aromatic N) is 2. The summed E-state index contributed by atoms with van der Waals surface area (Å²) < 4.78 is 0. The Morgan fingerprint density at radius 1 is 0.600 bits per heavy atom. The number of aliphatic hydroxyl groups is 2. The van der Waals surface area contributed by atoms with Crippen LogP contribution in [0.4, 0.5) is 0 Å². The molecule has 0 aliphatic carbocycles. The molecule has 2 fully saturated rings. The third kappa shape index (κ3) is 4.23. The highest BCUT2D eigenvalue weighted by Crippen LogP contribution is 2.46. The van der Waals surface area contributed by atoms with Crippen LogP contribution in [0.3, 0.4) is 0 Å². The Kier molecular flexibility index (Phi) is 5.73. The van der Waals surface area contributed by atoms with Gasteiger partial charge >= 0.3 is 0 Å². The van der Waals surface area contributed by atoms with E-state index in [1.54, 1.807) is 0 Å². The van der Waals surface area contributed by atoms with Crippen LogP contribution >= 0.6 is 0 Å². The summed E-state index contributed by atoms with van der Waals surface area (Å²) in [6.45, 7) is 20.2. The van der Waals surface area contributed by atoms with Gasteiger partial charge in [0, 0.05) is 35.4 Å². The van der Waals surface area contributed by atoms with Crippen molar-refractivity contribution in [1.82, 2.24) is 9.80 Å². The molecular formula is C21H42N2O2. The first-order valence-electron chi connectivity index (χ1n) is 10.0. The second-order valence-electron chi connectivity index (χ2n) is 11.2. The van der Waals surface area contributed by atoms with Gasteiger partial charge in [0.05, 0.1) is 6.67 Å². The van der Waals surface area contributed by atoms with Gasteiger partial charge < -0.3 is 10.2 Å². The molecule has 0 aromatic heterocycles. The highest BCUT2D eigenvalue weighted by molar-refractivity contribution is 5.04. The topological polar surface area (TPSA) is 46.9 Å². The van der Waals surface area contributed by atoms with E-state index in [0.29, 0.717) is 25.0 Å². The van der Waals surface area contributed by atoms with Crippen molar-refractivity contribution in [3.05, 3.63) is 0 Å². The Balaban J connectivity index is 2.29. The molecule has 0 spiro atoms. The number of hydrogen-bond donors (Lipinski definition) is 2. The standard InChI is InChI=1S/C21H42N2O2/c1-18(2)9-16(13-24)10-19(3,4)22(18)15-23-20(5,6)11-17(14-25)12-21(23,7)8/h16-17,24-25H,9-15H2,1-8H3. The van der Waals surface area contributed by atoms with Crippen LogP contribution in [0.25, 0.3) is 0 Å². The molecule has 2 aliphatic rings. The van der Waals surface area contributed by atoms with Gasteiger partial charge in [-0.25, -0.2) is 0 Å². The highest BCUT2D eigenvalue weighted by Gasteiger charge is 2.50. The maximum absolute atomic E-state index is 9.73. The van der Waals surface area contributed by atoms with Crippen LogP contribution in [0.15, 0.2) is 0 Å². The Labute approximate surface area is 155 Å². The number of likely N-dealkylation sites (tertiary alicyclic amines) is 2. The van der Waals surface area contributed by atoms with E-state index in [-0.39, 0.29) is 22.2 Å². The zero-order chi connectivity index (χ0) is 19.3. The molecule has 2 saturated heterocycles. The van der Waals surface area contributed by atoms with Crippen molar-refractivity contribution in [1.29, 1.82) is 0 Å². The van der Waals surface area contributed by atoms with E-state index in [1.807, 2.05) is 0 Å². The van der Waals surface area contributed by atoms with Crippen LogP contribution in [-0.2, 0) is 0 Å². The van der Waals surface area contributed by atoms with Crippen molar-refractivity contribution in [3.8, 4) is 0 Å². The van der Waals surface area contributed by atoms with Gasteiger partial charge in [-0.1, -0.05) is 0 Å². The fraction of sp³-hybridized carbons (Fsp3) is 1.00.